The first-order chi connectivity index (χ1) is 19.4. The van der Waals surface area contributed by atoms with Crippen LogP contribution in [0.25, 0.3) is 11.5 Å². The molecule has 3 aromatic carbocycles. The van der Waals surface area contributed by atoms with Gasteiger partial charge in [-0.2, -0.15) is 0 Å². The van der Waals surface area contributed by atoms with E-state index in [1.807, 2.05) is 59.5 Å². The number of ketones is 1. The second-order valence-electron chi connectivity index (χ2n) is 9.65. The van der Waals surface area contributed by atoms with Crippen molar-refractivity contribution in [1.29, 1.82) is 0 Å². The molecule has 6 rings (SSSR count). The molecule has 2 aliphatic heterocycles. The second kappa shape index (κ2) is 10.7. The quantitative estimate of drug-likeness (QED) is 0.380. The molecule has 0 spiro atoms. The summed E-state index contributed by atoms with van der Waals surface area (Å²) in [5.41, 5.74) is 4.63. The lowest BCUT2D eigenvalue weighted by atomic mass is 9.96. The zero-order chi connectivity index (χ0) is 27.7. The fraction of sp³-hybridized carbons (Fsp3) is 0.241. The highest BCUT2D eigenvalue weighted by Crippen LogP contribution is 2.34. The predicted octanol–water partition coefficient (Wildman–Crippen LogP) is 3.38. The summed E-state index contributed by atoms with van der Waals surface area (Å²) in [5.74, 6) is 0.0605. The molecule has 1 fully saturated rings. The molecule has 2 aliphatic rings. The minimum absolute atomic E-state index is 0.0376. The molecule has 1 aromatic heterocycles. The number of hydrogen-bond donors (Lipinski definition) is 1. The van der Waals surface area contributed by atoms with Crippen molar-refractivity contribution in [2.45, 2.75) is 17.5 Å². The van der Waals surface area contributed by atoms with Gasteiger partial charge in [-0.15, -0.1) is 5.10 Å². The van der Waals surface area contributed by atoms with E-state index in [-0.39, 0.29) is 29.0 Å². The number of nitrogens with zero attached hydrogens (tertiary/aromatic N) is 4. The van der Waals surface area contributed by atoms with Gasteiger partial charge in [0.15, 0.2) is 21.8 Å². The zero-order valence-electron chi connectivity index (χ0n) is 21.8. The molecule has 0 amide bonds. The molecule has 4 aromatic rings. The highest BCUT2D eigenvalue weighted by molar-refractivity contribution is 7.90. The van der Waals surface area contributed by atoms with Gasteiger partial charge in [0.1, 0.15) is 0 Å². The molecular formula is C29H27N5O5S. The van der Waals surface area contributed by atoms with Crippen molar-refractivity contribution in [3.63, 3.8) is 0 Å². The Morgan fingerprint density at radius 1 is 0.925 bits per heavy atom. The molecule has 1 saturated heterocycles. The number of aromatic nitrogens is 2. The first kappa shape index (κ1) is 25.9. The van der Waals surface area contributed by atoms with Crippen LogP contribution < -0.4 is 10.2 Å². The summed E-state index contributed by atoms with van der Waals surface area (Å²) in [6.45, 7) is 2.22. The minimum atomic E-state index is -3.43. The summed E-state index contributed by atoms with van der Waals surface area (Å²) in [7, 11) is -3.43. The smallest absolute Gasteiger partial charge is 0.317 e. The van der Waals surface area contributed by atoms with E-state index in [1.165, 1.54) is 12.3 Å². The van der Waals surface area contributed by atoms with E-state index >= 15 is 0 Å². The lowest BCUT2D eigenvalue weighted by Crippen LogP contribution is -2.36. The normalized spacial score (nSPS) is 17.6. The minimum Gasteiger partial charge on any atom is -0.403 e. The predicted molar refractivity (Wildman–Crippen MR) is 151 cm³/mol. The molecule has 0 saturated carbocycles. The third kappa shape index (κ3) is 5.25. The number of rotatable bonds is 6. The Hall–Kier alpha value is -4.35. The lowest BCUT2D eigenvalue weighted by molar-refractivity contribution is -0.119. The van der Waals surface area contributed by atoms with Gasteiger partial charge in [0.25, 0.3) is 5.89 Å². The van der Waals surface area contributed by atoms with Gasteiger partial charge >= 0.3 is 6.01 Å². The van der Waals surface area contributed by atoms with Crippen LogP contribution in [-0.2, 0) is 25.8 Å². The number of anilines is 2. The summed E-state index contributed by atoms with van der Waals surface area (Å²) in [6.07, 6.45) is 0.428. The Morgan fingerprint density at radius 3 is 2.45 bits per heavy atom. The van der Waals surface area contributed by atoms with Crippen molar-refractivity contribution < 1.29 is 22.4 Å². The van der Waals surface area contributed by atoms with Crippen molar-refractivity contribution >= 4 is 33.0 Å². The summed E-state index contributed by atoms with van der Waals surface area (Å²) in [6, 6.07) is 22.3. The van der Waals surface area contributed by atoms with Crippen LogP contribution in [0, 0.1) is 0 Å². The highest BCUT2D eigenvalue weighted by atomic mass is 32.2. The molecule has 40 heavy (non-hydrogen) atoms. The third-order valence-electron chi connectivity index (χ3n) is 6.91. The molecule has 10 nitrogen and oxygen atoms in total. The second-order valence-corrected chi connectivity index (χ2v) is 11.7. The van der Waals surface area contributed by atoms with E-state index in [1.54, 1.807) is 12.1 Å². The Kier molecular flexibility index (Phi) is 6.91. The van der Waals surface area contributed by atoms with Crippen LogP contribution in [0.2, 0.25) is 0 Å². The monoisotopic (exact) mass is 557 g/mol. The van der Waals surface area contributed by atoms with Crippen molar-refractivity contribution in [3.8, 4) is 11.5 Å². The summed E-state index contributed by atoms with van der Waals surface area (Å²) in [4.78, 5) is 20.3. The van der Waals surface area contributed by atoms with Crippen LogP contribution in [0.5, 0.6) is 0 Å². The average Bonchev–Trinajstić information content (AvgIpc) is 3.38. The first-order valence-electron chi connectivity index (χ1n) is 12.9. The molecular weight excluding hydrogens is 530 g/mol. The number of hydrogen-bond acceptors (Lipinski definition) is 10. The maximum Gasteiger partial charge on any atom is 0.317 e. The fourth-order valence-corrected chi connectivity index (χ4v) is 5.54. The molecule has 0 aliphatic carbocycles. The van der Waals surface area contributed by atoms with Crippen LogP contribution in [0.4, 0.5) is 11.7 Å². The van der Waals surface area contributed by atoms with Crippen LogP contribution in [0.3, 0.4) is 0 Å². The molecule has 0 radical (unpaired) electrons. The van der Waals surface area contributed by atoms with Crippen molar-refractivity contribution in [3.05, 3.63) is 89.5 Å². The highest BCUT2D eigenvalue weighted by Gasteiger charge is 2.28. The van der Waals surface area contributed by atoms with Crippen LogP contribution in [-0.4, -0.2) is 68.8 Å². The van der Waals surface area contributed by atoms with Gasteiger partial charge in [-0.05, 0) is 23.8 Å². The molecule has 204 valence electrons. The molecule has 1 N–H and O–H groups in total. The molecule has 0 bridgehead atoms. The SMILES string of the molecule is CS(=O)(=O)c1ccc(-c2nnc(NC3N=C(c4ccccc4)c4ccccc4CC3=O)o2)c(N2CCOCC2)c1. The van der Waals surface area contributed by atoms with Crippen LogP contribution >= 0.6 is 0 Å². The maximum atomic E-state index is 13.3. The van der Waals surface area contributed by atoms with E-state index in [0.29, 0.717) is 43.3 Å². The Labute approximate surface area is 231 Å². The van der Waals surface area contributed by atoms with Gasteiger partial charge in [0, 0.05) is 36.9 Å². The summed E-state index contributed by atoms with van der Waals surface area (Å²) >= 11 is 0. The number of benzene rings is 3. The topological polar surface area (TPSA) is 127 Å². The number of sulfone groups is 1. The van der Waals surface area contributed by atoms with Crippen LogP contribution in [0.1, 0.15) is 16.7 Å². The zero-order valence-corrected chi connectivity index (χ0v) is 22.6. The summed E-state index contributed by atoms with van der Waals surface area (Å²) < 4.78 is 36.0. The van der Waals surface area contributed by atoms with E-state index < -0.39 is 16.0 Å². The molecule has 11 heteroatoms. The molecule has 1 atom stereocenters. The van der Waals surface area contributed by atoms with E-state index in [2.05, 4.69) is 15.5 Å². The van der Waals surface area contributed by atoms with Gasteiger partial charge in [-0.1, -0.05) is 59.7 Å². The van der Waals surface area contributed by atoms with Gasteiger partial charge in [-0.25, -0.2) is 8.42 Å². The number of fused-ring (bicyclic) bond motifs is 1. The number of nitrogens with one attached hydrogen (secondary N) is 1. The largest absolute Gasteiger partial charge is 0.403 e. The standard InChI is InChI=1S/C29H27N5O5S/c1-40(36,37)21-11-12-23(24(18-21)34-13-15-38-16-14-34)28-32-33-29(39-28)31-27-25(35)17-20-9-5-6-10-22(20)26(30-27)19-7-3-2-4-8-19/h2-12,18,27H,13-17H2,1H3,(H,31,33). The Bertz CT molecular complexity index is 1690. The number of carbonyl (C=O) groups is 1. The molecule has 3 heterocycles. The van der Waals surface area contributed by atoms with Gasteiger partial charge < -0.3 is 19.4 Å². The third-order valence-corrected chi connectivity index (χ3v) is 8.02. The van der Waals surface area contributed by atoms with Gasteiger partial charge in [-0.3, -0.25) is 9.79 Å². The van der Waals surface area contributed by atoms with Gasteiger partial charge in [0.05, 0.1) is 35.1 Å². The number of ether oxygens (including phenoxy) is 1. The number of morpholine rings is 1. The number of Topliss-reactive ketones (excluding diaryl/α,β-unsaturated/α-hetero) is 1. The van der Waals surface area contributed by atoms with E-state index in [4.69, 9.17) is 14.1 Å². The van der Waals surface area contributed by atoms with Gasteiger partial charge in [0.2, 0.25) is 0 Å². The van der Waals surface area contributed by atoms with Crippen molar-refractivity contribution in [1.82, 2.24) is 10.2 Å². The Morgan fingerprint density at radius 2 is 1.68 bits per heavy atom. The summed E-state index contributed by atoms with van der Waals surface area (Å²) in [5, 5.41) is 11.4. The number of carbonyl (C=O) groups excluding carboxylic acids is 1. The molecule has 1 unspecified atom stereocenters. The fourth-order valence-electron chi connectivity index (χ4n) is 4.90. The van der Waals surface area contributed by atoms with Crippen LogP contribution in [0.15, 0.2) is 87.1 Å². The van der Waals surface area contributed by atoms with Crippen molar-refractivity contribution in [2.75, 3.05) is 42.8 Å². The Balaban J connectivity index is 1.34. The number of aliphatic imine (C=N–C) groups is 1. The average molecular weight is 558 g/mol. The van der Waals surface area contributed by atoms with E-state index in [9.17, 15) is 13.2 Å². The van der Waals surface area contributed by atoms with E-state index in [0.717, 1.165) is 16.7 Å². The van der Waals surface area contributed by atoms with Crippen molar-refractivity contribution in [2.24, 2.45) is 4.99 Å². The first-order valence-corrected chi connectivity index (χ1v) is 14.8. The lowest BCUT2D eigenvalue weighted by Gasteiger charge is -2.30. The maximum absolute atomic E-state index is 13.3.